The highest BCUT2D eigenvalue weighted by Gasteiger charge is 2.25. The Morgan fingerprint density at radius 2 is 2.00 bits per heavy atom. The lowest BCUT2D eigenvalue weighted by Crippen LogP contribution is -2.22. The zero-order chi connectivity index (χ0) is 19.6. The maximum absolute atomic E-state index is 13.7. The van der Waals surface area contributed by atoms with Gasteiger partial charge in [0.05, 0.1) is 18.1 Å². The average Bonchev–Trinajstić information content (AvgIpc) is 3.11. The largest absolute Gasteiger partial charge is 0.494 e. The van der Waals surface area contributed by atoms with Gasteiger partial charge < -0.3 is 15.0 Å². The highest BCUT2D eigenvalue weighted by atomic mass is 19.2. The number of halogens is 3. The van der Waals surface area contributed by atoms with Crippen LogP contribution in [0.3, 0.4) is 0 Å². The number of benzene rings is 2. The fourth-order valence-electron chi connectivity index (χ4n) is 3.16. The standard InChI is InChI=1S/C18H18F3N3O3/c1-27-18-8-16(17(24(25)26)7-15(18)21)22-9-11-4-5-23(10-11)12-2-3-13(19)14(20)6-12/h2-3,6-8,11,22H,4-5,9-10H2,1H3. The van der Waals surface area contributed by atoms with Crippen LogP contribution < -0.4 is 15.0 Å². The van der Waals surface area contributed by atoms with Crippen LogP contribution in [-0.4, -0.2) is 31.7 Å². The third-order valence-electron chi connectivity index (χ3n) is 4.60. The number of anilines is 2. The summed E-state index contributed by atoms with van der Waals surface area (Å²) in [5.41, 5.74) is 0.388. The molecule has 3 rings (SSSR count). The van der Waals surface area contributed by atoms with Gasteiger partial charge in [0, 0.05) is 37.5 Å². The summed E-state index contributed by atoms with van der Waals surface area (Å²) in [7, 11) is 1.28. The lowest BCUT2D eigenvalue weighted by atomic mass is 10.1. The van der Waals surface area contributed by atoms with Crippen molar-refractivity contribution in [1.29, 1.82) is 0 Å². The van der Waals surface area contributed by atoms with E-state index in [1.165, 1.54) is 19.2 Å². The molecule has 27 heavy (non-hydrogen) atoms. The second-order valence-electron chi connectivity index (χ2n) is 6.34. The van der Waals surface area contributed by atoms with Crippen LogP contribution in [0.5, 0.6) is 5.75 Å². The van der Waals surface area contributed by atoms with Gasteiger partial charge >= 0.3 is 0 Å². The normalized spacial score (nSPS) is 16.4. The molecule has 1 N–H and O–H groups in total. The lowest BCUT2D eigenvalue weighted by Gasteiger charge is -2.19. The minimum Gasteiger partial charge on any atom is -0.494 e. The third kappa shape index (κ3) is 4.07. The molecule has 1 saturated heterocycles. The third-order valence-corrected chi connectivity index (χ3v) is 4.60. The summed E-state index contributed by atoms with van der Waals surface area (Å²) < 4.78 is 45.1. The predicted octanol–water partition coefficient (Wildman–Crippen LogP) is 3.96. The molecule has 2 aromatic carbocycles. The Morgan fingerprint density at radius 1 is 1.22 bits per heavy atom. The average molecular weight is 381 g/mol. The second kappa shape index (κ2) is 7.73. The van der Waals surface area contributed by atoms with Crippen LogP contribution >= 0.6 is 0 Å². The van der Waals surface area contributed by atoms with E-state index in [9.17, 15) is 23.3 Å². The summed E-state index contributed by atoms with van der Waals surface area (Å²) in [5.74, 6) is -2.55. The van der Waals surface area contributed by atoms with E-state index in [0.29, 0.717) is 25.3 Å². The Morgan fingerprint density at radius 3 is 2.67 bits per heavy atom. The molecule has 0 radical (unpaired) electrons. The van der Waals surface area contributed by atoms with Gasteiger partial charge in [0.2, 0.25) is 0 Å². The lowest BCUT2D eigenvalue weighted by molar-refractivity contribution is -0.384. The SMILES string of the molecule is COc1cc(NCC2CCN(c3ccc(F)c(F)c3)C2)c([N+](=O)[O-])cc1F. The van der Waals surface area contributed by atoms with Crippen LogP contribution in [0, 0.1) is 33.5 Å². The summed E-state index contributed by atoms with van der Waals surface area (Å²) >= 11 is 0. The maximum atomic E-state index is 13.7. The first-order valence-corrected chi connectivity index (χ1v) is 8.35. The van der Waals surface area contributed by atoms with E-state index in [0.717, 1.165) is 24.6 Å². The molecule has 9 heteroatoms. The fourth-order valence-corrected chi connectivity index (χ4v) is 3.16. The first kappa shape index (κ1) is 18.8. The van der Waals surface area contributed by atoms with Crippen LogP contribution in [0.15, 0.2) is 30.3 Å². The van der Waals surface area contributed by atoms with Crippen molar-refractivity contribution >= 4 is 17.1 Å². The molecule has 0 aromatic heterocycles. The van der Waals surface area contributed by atoms with Crippen molar-refractivity contribution < 1.29 is 22.8 Å². The number of rotatable bonds is 6. The summed E-state index contributed by atoms with van der Waals surface area (Å²) in [5, 5.41) is 14.1. The van der Waals surface area contributed by atoms with Crippen LogP contribution in [0.25, 0.3) is 0 Å². The Bertz CT molecular complexity index is 863. The molecule has 1 fully saturated rings. The monoisotopic (exact) mass is 381 g/mol. The number of nitro groups is 1. The van der Waals surface area contributed by atoms with Gasteiger partial charge in [-0.15, -0.1) is 0 Å². The number of hydrogen-bond donors (Lipinski definition) is 1. The number of hydrogen-bond acceptors (Lipinski definition) is 5. The minimum absolute atomic E-state index is 0.0852. The number of nitro benzene ring substituents is 1. The zero-order valence-electron chi connectivity index (χ0n) is 14.5. The number of methoxy groups -OCH3 is 1. The summed E-state index contributed by atoms with van der Waals surface area (Å²) in [4.78, 5) is 12.4. The van der Waals surface area contributed by atoms with Gasteiger partial charge in [-0.1, -0.05) is 0 Å². The maximum Gasteiger partial charge on any atom is 0.295 e. The van der Waals surface area contributed by atoms with Crippen molar-refractivity contribution in [2.24, 2.45) is 5.92 Å². The highest BCUT2D eigenvalue weighted by Crippen LogP contribution is 2.32. The van der Waals surface area contributed by atoms with Crippen molar-refractivity contribution in [3.63, 3.8) is 0 Å². The van der Waals surface area contributed by atoms with E-state index in [1.54, 1.807) is 0 Å². The molecule has 2 aromatic rings. The Balaban J connectivity index is 1.67. The molecule has 1 atom stereocenters. The van der Waals surface area contributed by atoms with E-state index in [4.69, 9.17) is 4.74 Å². The van der Waals surface area contributed by atoms with E-state index in [2.05, 4.69) is 5.32 Å². The fraction of sp³-hybridized carbons (Fsp3) is 0.333. The van der Waals surface area contributed by atoms with E-state index in [-0.39, 0.29) is 23.0 Å². The molecule has 0 spiro atoms. The first-order valence-electron chi connectivity index (χ1n) is 8.35. The van der Waals surface area contributed by atoms with Crippen molar-refractivity contribution in [3.05, 3.63) is 57.9 Å². The van der Waals surface area contributed by atoms with E-state index < -0.39 is 22.4 Å². The van der Waals surface area contributed by atoms with E-state index in [1.807, 2.05) is 4.90 Å². The molecule has 1 aliphatic rings. The van der Waals surface area contributed by atoms with Crippen LogP contribution in [-0.2, 0) is 0 Å². The summed E-state index contributed by atoms with van der Waals surface area (Å²) in [6, 6.07) is 5.84. The zero-order valence-corrected chi connectivity index (χ0v) is 14.5. The first-order chi connectivity index (χ1) is 12.9. The highest BCUT2D eigenvalue weighted by molar-refractivity contribution is 5.64. The van der Waals surface area contributed by atoms with Gasteiger partial charge in [-0.3, -0.25) is 10.1 Å². The second-order valence-corrected chi connectivity index (χ2v) is 6.34. The van der Waals surface area contributed by atoms with Crippen molar-refractivity contribution in [2.45, 2.75) is 6.42 Å². The Labute approximate surface area is 153 Å². The van der Waals surface area contributed by atoms with E-state index >= 15 is 0 Å². The van der Waals surface area contributed by atoms with Crippen molar-refractivity contribution in [2.75, 3.05) is 37.0 Å². The van der Waals surface area contributed by atoms with Crippen LogP contribution in [0.2, 0.25) is 0 Å². The van der Waals surface area contributed by atoms with Gasteiger partial charge in [0.25, 0.3) is 5.69 Å². The van der Waals surface area contributed by atoms with Crippen LogP contribution in [0.1, 0.15) is 6.42 Å². The molecule has 144 valence electrons. The van der Waals surface area contributed by atoms with Gasteiger partial charge in [-0.25, -0.2) is 13.2 Å². The molecule has 0 saturated carbocycles. The van der Waals surface area contributed by atoms with Crippen LogP contribution in [0.4, 0.5) is 30.2 Å². The summed E-state index contributed by atoms with van der Waals surface area (Å²) in [6.45, 7) is 1.66. The molecule has 1 aliphatic heterocycles. The Hall–Kier alpha value is -2.97. The quantitative estimate of drug-likeness (QED) is 0.606. The molecule has 0 amide bonds. The smallest absolute Gasteiger partial charge is 0.295 e. The molecule has 1 heterocycles. The van der Waals surface area contributed by atoms with Gasteiger partial charge in [-0.05, 0) is 24.5 Å². The summed E-state index contributed by atoms with van der Waals surface area (Å²) in [6.07, 6.45) is 0.776. The van der Waals surface area contributed by atoms with Gasteiger partial charge in [0.15, 0.2) is 23.2 Å². The topological polar surface area (TPSA) is 67.6 Å². The number of nitrogens with one attached hydrogen (secondary N) is 1. The molecule has 6 nitrogen and oxygen atoms in total. The molecule has 1 unspecified atom stereocenters. The predicted molar refractivity (Wildman–Crippen MR) is 94.8 cm³/mol. The molecular formula is C18H18F3N3O3. The van der Waals surface area contributed by atoms with Gasteiger partial charge in [-0.2, -0.15) is 0 Å². The minimum atomic E-state index is -0.900. The number of nitrogens with zero attached hydrogens (tertiary/aromatic N) is 2. The molecule has 0 bridgehead atoms. The van der Waals surface area contributed by atoms with Crippen molar-refractivity contribution in [3.8, 4) is 5.75 Å². The molecule has 0 aliphatic carbocycles. The number of ether oxygens (including phenoxy) is 1. The van der Waals surface area contributed by atoms with Gasteiger partial charge in [0.1, 0.15) is 5.69 Å². The Kier molecular flexibility index (Phi) is 5.38. The van der Waals surface area contributed by atoms with Crippen molar-refractivity contribution in [1.82, 2.24) is 0 Å². The molecular weight excluding hydrogens is 363 g/mol.